The van der Waals surface area contributed by atoms with Crippen molar-refractivity contribution >= 4 is 0 Å². The van der Waals surface area contributed by atoms with Crippen LogP contribution in [0.2, 0.25) is 0 Å². The largest absolute Gasteiger partial charge is 0.298 e. The molecule has 3 heteroatoms. The highest BCUT2D eigenvalue weighted by Crippen LogP contribution is 2.26. The van der Waals surface area contributed by atoms with Crippen LogP contribution in [-0.2, 0) is 6.54 Å². The van der Waals surface area contributed by atoms with Gasteiger partial charge < -0.3 is 0 Å². The lowest BCUT2D eigenvalue weighted by atomic mass is 9.95. The van der Waals surface area contributed by atoms with Gasteiger partial charge in [-0.3, -0.25) is 14.8 Å². The van der Waals surface area contributed by atoms with E-state index in [1.54, 1.807) is 0 Å². The summed E-state index contributed by atoms with van der Waals surface area (Å²) in [5.74, 6) is 0. The van der Waals surface area contributed by atoms with Gasteiger partial charge in [0.1, 0.15) is 0 Å². The Morgan fingerprint density at radius 3 is 2.84 bits per heavy atom. The first kappa shape index (κ1) is 13.1. The molecule has 2 atom stereocenters. The summed E-state index contributed by atoms with van der Waals surface area (Å²) in [5, 5.41) is 0. The molecule has 3 rings (SSSR count). The molecule has 1 aromatic heterocycles. The van der Waals surface area contributed by atoms with E-state index in [4.69, 9.17) is 0 Å². The Bertz CT molecular complexity index is 392. The van der Waals surface area contributed by atoms with Crippen molar-refractivity contribution in [3.8, 4) is 0 Å². The van der Waals surface area contributed by atoms with Crippen molar-refractivity contribution in [1.29, 1.82) is 0 Å². The average molecular weight is 259 g/mol. The molecule has 0 radical (unpaired) electrons. The van der Waals surface area contributed by atoms with Crippen molar-refractivity contribution in [2.45, 2.75) is 51.2 Å². The van der Waals surface area contributed by atoms with Gasteiger partial charge in [0.15, 0.2) is 0 Å². The molecule has 104 valence electrons. The Balaban J connectivity index is 1.68. The van der Waals surface area contributed by atoms with Crippen molar-refractivity contribution in [1.82, 2.24) is 14.8 Å². The standard InChI is InChI=1S/C16H25N3/c1-2-15-12-18-10-4-3-5-16(18)13-19(15)11-14-6-8-17-9-7-14/h6-9,15-16H,2-5,10-13H2,1H3/t15-,16+/m0/s1. The lowest BCUT2D eigenvalue weighted by Gasteiger charge is -2.48. The van der Waals surface area contributed by atoms with Gasteiger partial charge in [-0.2, -0.15) is 0 Å². The summed E-state index contributed by atoms with van der Waals surface area (Å²) in [5.41, 5.74) is 1.40. The van der Waals surface area contributed by atoms with E-state index in [1.165, 1.54) is 50.9 Å². The highest BCUT2D eigenvalue weighted by atomic mass is 15.3. The zero-order valence-corrected chi connectivity index (χ0v) is 12.0. The third-order valence-electron chi connectivity index (χ3n) is 4.76. The van der Waals surface area contributed by atoms with Crippen LogP contribution in [0.3, 0.4) is 0 Å². The number of fused-ring (bicyclic) bond motifs is 1. The summed E-state index contributed by atoms with van der Waals surface area (Å²) < 4.78 is 0. The first-order valence-corrected chi connectivity index (χ1v) is 7.74. The second kappa shape index (κ2) is 6.02. The number of aromatic nitrogens is 1. The zero-order valence-electron chi connectivity index (χ0n) is 12.0. The van der Waals surface area contributed by atoms with Crippen molar-refractivity contribution in [3.05, 3.63) is 30.1 Å². The van der Waals surface area contributed by atoms with Crippen LogP contribution in [-0.4, -0.2) is 46.5 Å². The normalized spacial score (nSPS) is 29.1. The average Bonchev–Trinajstić information content (AvgIpc) is 2.47. The second-order valence-corrected chi connectivity index (χ2v) is 5.99. The van der Waals surface area contributed by atoms with E-state index in [2.05, 4.69) is 33.8 Å². The SMILES string of the molecule is CC[C@H]1CN2CCCC[C@@H]2CN1Cc1ccncc1. The summed E-state index contributed by atoms with van der Waals surface area (Å²) in [6.07, 6.45) is 9.29. The maximum atomic E-state index is 4.12. The molecule has 0 N–H and O–H groups in total. The fourth-order valence-corrected chi connectivity index (χ4v) is 3.62. The van der Waals surface area contributed by atoms with Gasteiger partial charge in [-0.15, -0.1) is 0 Å². The van der Waals surface area contributed by atoms with E-state index < -0.39 is 0 Å². The molecular weight excluding hydrogens is 234 g/mol. The van der Waals surface area contributed by atoms with Crippen LogP contribution in [0.5, 0.6) is 0 Å². The molecule has 2 saturated heterocycles. The molecule has 0 saturated carbocycles. The fourth-order valence-electron chi connectivity index (χ4n) is 3.62. The van der Waals surface area contributed by atoms with Crippen molar-refractivity contribution in [3.63, 3.8) is 0 Å². The van der Waals surface area contributed by atoms with E-state index in [0.29, 0.717) is 0 Å². The van der Waals surface area contributed by atoms with Crippen LogP contribution in [0, 0.1) is 0 Å². The van der Waals surface area contributed by atoms with Gasteiger partial charge in [0.05, 0.1) is 0 Å². The number of piperazine rings is 1. The lowest BCUT2D eigenvalue weighted by molar-refractivity contribution is 0.00326. The molecule has 2 aliphatic rings. The van der Waals surface area contributed by atoms with Gasteiger partial charge in [-0.25, -0.2) is 0 Å². The third-order valence-corrected chi connectivity index (χ3v) is 4.76. The van der Waals surface area contributed by atoms with E-state index in [-0.39, 0.29) is 0 Å². The minimum atomic E-state index is 0.725. The van der Waals surface area contributed by atoms with Gasteiger partial charge in [0.25, 0.3) is 0 Å². The predicted molar refractivity (Wildman–Crippen MR) is 77.9 cm³/mol. The van der Waals surface area contributed by atoms with E-state index >= 15 is 0 Å². The highest BCUT2D eigenvalue weighted by molar-refractivity contribution is 5.10. The smallest absolute Gasteiger partial charge is 0.0271 e. The van der Waals surface area contributed by atoms with Gasteiger partial charge in [0.2, 0.25) is 0 Å². The van der Waals surface area contributed by atoms with Crippen LogP contribution in [0.15, 0.2) is 24.5 Å². The third kappa shape index (κ3) is 2.98. The highest BCUT2D eigenvalue weighted by Gasteiger charge is 2.33. The van der Waals surface area contributed by atoms with Gasteiger partial charge in [0, 0.05) is 44.1 Å². The van der Waals surface area contributed by atoms with Gasteiger partial charge in [-0.1, -0.05) is 13.3 Å². The predicted octanol–water partition coefficient (Wildman–Crippen LogP) is 2.53. The first-order valence-electron chi connectivity index (χ1n) is 7.74. The molecule has 0 aromatic carbocycles. The Labute approximate surface area is 116 Å². The number of hydrogen-bond acceptors (Lipinski definition) is 3. The monoisotopic (exact) mass is 259 g/mol. The molecule has 0 aliphatic carbocycles. The van der Waals surface area contributed by atoms with Crippen LogP contribution in [0.1, 0.15) is 38.2 Å². The Morgan fingerprint density at radius 2 is 2.05 bits per heavy atom. The minimum Gasteiger partial charge on any atom is -0.298 e. The Hall–Kier alpha value is -0.930. The number of rotatable bonds is 3. The van der Waals surface area contributed by atoms with E-state index in [0.717, 1.165) is 18.6 Å². The molecular formula is C16H25N3. The summed E-state index contributed by atoms with van der Waals surface area (Å²) in [4.78, 5) is 9.55. The summed E-state index contributed by atoms with van der Waals surface area (Å²) >= 11 is 0. The van der Waals surface area contributed by atoms with Gasteiger partial charge >= 0.3 is 0 Å². The molecule has 0 unspecified atom stereocenters. The molecule has 2 aliphatic heterocycles. The molecule has 3 heterocycles. The second-order valence-electron chi connectivity index (χ2n) is 5.99. The molecule has 3 nitrogen and oxygen atoms in total. The molecule has 2 fully saturated rings. The van der Waals surface area contributed by atoms with E-state index in [1.807, 2.05) is 12.4 Å². The topological polar surface area (TPSA) is 19.4 Å². The quantitative estimate of drug-likeness (QED) is 0.831. The maximum absolute atomic E-state index is 4.12. The Kier molecular flexibility index (Phi) is 4.14. The minimum absolute atomic E-state index is 0.725. The first-order chi connectivity index (χ1) is 9.36. The Morgan fingerprint density at radius 1 is 1.21 bits per heavy atom. The molecule has 0 bridgehead atoms. The number of piperidine rings is 1. The van der Waals surface area contributed by atoms with Crippen molar-refractivity contribution in [2.24, 2.45) is 0 Å². The molecule has 19 heavy (non-hydrogen) atoms. The van der Waals surface area contributed by atoms with Crippen molar-refractivity contribution < 1.29 is 0 Å². The maximum Gasteiger partial charge on any atom is 0.0271 e. The lowest BCUT2D eigenvalue weighted by Crippen LogP contribution is -2.58. The zero-order chi connectivity index (χ0) is 13.1. The summed E-state index contributed by atoms with van der Waals surface area (Å²) in [6.45, 7) is 7.26. The van der Waals surface area contributed by atoms with Crippen LogP contribution >= 0.6 is 0 Å². The molecule has 1 aromatic rings. The molecule has 0 amide bonds. The number of nitrogens with zero attached hydrogens (tertiary/aromatic N) is 3. The number of pyridine rings is 1. The van der Waals surface area contributed by atoms with Crippen LogP contribution < -0.4 is 0 Å². The van der Waals surface area contributed by atoms with E-state index in [9.17, 15) is 0 Å². The number of hydrogen-bond donors (Lipinski definition) is 0. The van der Waals surface area contributed by atoms with Crippen LogP contribution in [0.25, 0.3) is 0 Å². The summed E-state index contributed by atoms with van der Waals surface area (Å²) in [6, 6.07) is 5.83. The summed E-state index contributed by atoms with van der Waals surface area (Å²) in [7, 11) is 0. The molecule has 0 spiro atoms. The van der Waals surface area contributed by atoms with Gasteiger partial charge in [-0.05, 0) is 43.5 Å². The fraction of sp³-hybridized carbons (Fsp3) is 0.688. The van der Waals surface area contributed by atoms with Crippen molar-refractivity contribution in [2.75, 3.05) is 19.6 Å². The van der Waals surface area contributed by atoms with Crippen LogP contribution in [0.4, 0.5) is 0 Å².